The third-order valence-electron chi connectivity index (χ3n) is 4.13. The summed E-state index contributed by atoms with van der Waals surface area (Å²) in [6, 6.07) is 7.72. The number of amides is 1. The van der Waals surface area contributed by atoms with Crippen molar-refractivity contribution >= 4 is 50.9 Å². The molecule has 2 aliphatic heterocycles. The summed E-state index contributed by atoms with van der Waals surface area (Å²) in [6.07, 6.45) is 4.68. The molecule has 0 aliphatic carbocycles. The summed E-state index contributed by atoms with van der Waals surface area (Å²) in [5.74, 6) is -1.08. The van der Waals surface area contributed by atoms with Gasteiger partial charge in [0.15, 0.2) is 0 Å². The zero-order valence-electron chi connectivity index (χ0n) is 13.4. The van der Waals surface area contributed by atoms with Crippen molar-refractivity contribution in [2.24, 2.45) is 5.92 Å². The van der Waals surface area contributed by atoms with Crippen molar-refractivity contribution < 1.29 is 17.9 Å². The van der Waals surface area contributed by atoms with Gasteiger partial charge in [-0.2, -0.15) is 4.31 Å². The standard InChI is InChI=1S/C16H17Cl2NO4S2/c1-2-3-11-24-16-13(9-10-23-16)15(17,18)14(20)19(16)25(21,22)12-7-5-4-6-8-12/h4-10,13H,2-3,11H2,1H3/t13-,16+/m1/s1. The monoisotopic (exact) mass is 421 g/mol. The highest BCUT2D eigenvalue weighted by molar-refractivity contribution is 8.01. The maximum atomic E-state index is 13.2. The molecule has 1 aromatic rings. The Hall–Kier alpha value is -0.890. The van der Waals surface area contributed by atoms with Crippen LogP contribution >= 0.6 is 35.0 Å². The van der Waals surface area contributed by atoms with E-state index < -0.39 is 31.2 Å². The second-order valence-electron chi connectivity index (χ2n) is 5.77. The number of rotatable bonds is 6. The number of hydrogen-bond donors (Lipinski definition) is 0. The molecule has 1 fully saturated rings. The molecule has 25 heavy (non-hydrogen) atoms. The minimum atomic E-state index is -4.18. The van der Waals surface area contributed by atoms with Gasteiger partial charge in [-0.05, 0) is 30.4 Å². The number of thioether (sulfide) groups is 1. The van der Waals surface area contributed by atoms with Gasteiger partial charge in [0.25, 0.3) is 21.0 Å². The van der Waals surface area contributed by atoms with E-state index in [0.717, 1.165) is 17.1 Å². The largest absolute Gasteiger partial charge is 0.465 e. The number of sulfonamides is 1. The quantitative estimate of drug-likeness (QED) is 0.516. The first-order chi connectivity index (χ1) is 11.8. The Balaban J connectivity index is 2.10. The third kappa shape index (κ3) is 2.85. The van der Waals surface area contributed by atoms with E-state index in [1.54, 1.807) is 24.3 Å². The number of benzene rings is 1. The molecule has 0 bridgehead atoms. The molecule has 0 spiro atoms. The van der Waals surface area contributed by atoms with Gasteiger partial charge in [0.1, 0.15) is 0 Å². The highest BCUT2D eigenvalue weighted by Gasteiger charge is 2.72. The summed E-state index contributed by atoms with van der Waals surface area (Å²) in [5.41, 5.74) is 0. The van der Waals surface area contributed by atoms with Crippen molar-refractivity contribution in [3.63, 3.8) is 0 Å². The average molecular weight is 422 g/mol. The van der Waals surface area contributed by atoms with E-state index in [4.69, 9.17) is 27.9 Å². The molecule has 0 unspecified atom stereocenters. The molecule has 1 amide bonds. The van der Waals surface area contributed by atoms with Crippen molar-refractivity contribution in [3.05, 3.63) is 42.7 Å². The molecule has 9 heteroatoms. The van der Waals surface area contributed by atoms with Gasteiger partial charge in [0.2, 0.25) is 4.33 Å². The van der Waals surface area contributed by atoms with Gasteiger partial charge in [-0.15, -0.1) is 0 Å². The number of unbranched alkanes of at least 4 members (excludes halogenated alkanes) is 1. The molecule has 2 atom stereocenters. The summed E-state index contributed by atoms with van der Waals surface area (Å²) >= 11 is 13.8. The Labute approximate surface area is 161 Å². The molecule has 0 aromatic heterocycles. The van der Waals surface area contributed by atoms with Crippen molar-refractivity contribution in [3.8, 4) is 0 Å². The number of hydrogen-bond acceptors (Lipinski definition) is 5. The fourth-order valence-electron chi connectivity index (χ4n) is 2.86. The van der Waals surface area contributed by atoms with Crippen LogP contribution in [0.25, 0.3) is 0 Å². The Morgan fingerprint density at radius 1 is 1.28 bits per heavy atom. The predicted molar refractivity (Wildman–Crippen MR) is 98.7 cm³/mol. The Bertz CT molecular complexity index is 798. The minimum Gasteiger partial charge on any atom is -0.465 e. The van der Waals surface area contributed by atoms with Crippen LogP contribution in [0.15, 0.2) is 47.6 Å². The highest BCUT2D eigenvalue weighted by atomic mass is 35.5. The molecule has 0 saturated carbocycles. The Morgan fingerprint density at radius 3 is 2.60 bits per heavy atom. The zero-order valence-corrected chi connectivity index (χ0v) is 16.5. The fourth-order valence-corrected chi connectivity index (χ4v) is 7.21. The van der Waals surface area contributed by atoms with Crippen molar-refractivity contribution in [1.29, 1.82) is 0 Å². The van der Waals surface area contributed by atoms with Crippen LogP contribution in [0.3, 0.4) is 0 Å². The van der Waals surface area contributed by atoms with E-state index in [0.29, 0.717) is 5.75 Å². The van der Waals surface area contributed by atoms with Crippen LogP contribution in [0.2, 0.25) is 0 Å². The molecule has 2 heterocycles. The number of ether oxygens (including phenoxy) is 1. The summed E-state index contributed by atoms with van der Waals surface area (Å²) in [6.45, 7) is 2.02. The lowest BCUT2D eigenvalue weighted by Gasteiger charge is -2.35. The molecule has 1 saturated heterocycles. The fraction of sp³-hybridized carbons (Fsp3) is 0.438. The average Bonchev–Trinajstić information content (AvgIpc) is 3.06. The van der Waals surface area contributed by atoms with Gasteiger partial charge < -0.3 is 4.74 Å². The van der Waals surface area contributed by atoms with Crippen molar-refractivity contribution in [1.82, 2.24) is 4.31 Å². The van der Waals surface area contributed by atoms with E-state index in [1.165, 1.54) is 30.2 Å². The van der Waals surface area contributed by atoms with Gasteiger partial charge in [-0.3, -0.25) is 4.79 Å². The molecule has 0 radical (unpaired) electrons. The third-order valence-corrected chi connectivity index (χ3v) is 8.27. The summed E-state index contributed by atoms with van der Waals surface area (Å²) in [7, 11) is -4.18. The molecular formula is C16H17Cl2NO4S2. The lowest BCUT2D eigenvalue weighted by atomic mass is 10.1. The van der Waals surface area contributed by atoms with Gasteiger partial charge >= 0.3 is 0 Å². The number of halogens is 2. The Kier molecular flexibility index (Phi) is 5.05. The lowest BCUT2D eigenvalue weighted by molar-refractivity contribution is -0.128. The lowest BCUT2D eigenvalue weighted by Crippen LogP contribution is -2.49. The van der Waals surface area contributed by atoms with E-state index in [-0.39, 0.29) is 4.90 Å². The molecule has 136 valence electrons. The smallest absolute Gasteiger partial charge is 0.277 e. The van der Waals surface area contributed by atoms with Crippen LogP contribution in [0.5, 0.6) is 0 Å². The number of alkyl halides is 2. The van der Waals surface area contributed by atoms with Crippen LogP contribution in [-0.4, -0.2) is 33.8 Å². The zero-order chi connectivity index (χ0) is 18.3. The molecule has 3 rings (SSSR count). The number of carbonyl (C=O) groups is 1. The van der Waals surface area contributed by atoms with Gasteiger partial charge in [0.05, 0.1) is 17.1 Å². The molecular weight excluding hydrogens is 405 g/mol. The first-order valence-corrected chi connectivity index (χ1v) is 11.0. The van der Waals surface area contributed by atoms with E-state index >= 15 is 0 Å². The van der Waals surface area contributed by atoms with Crippen LogP contribution in [-0.2, 0) is 19.6 Å². The first-order valence-electron chi connectivity index (χ1n) is 7.79. The molecule has 2 aliphatic rings. The van der Waals surface area contributed by atoms with Gasteiger partial charge in [0, 0.05) is 0 Å². The van der Waals surface area contributed by atoms with E-state index in [1.807, 2.05) is 6.92 Å². The number of fused-ring (bicyclic) bond motifs is 1. The summed E-state index contributed by atoms with van der Waals surface area (Å²) < 4.78 is 30.9. The number of nitrogens with zero attached hydrogens (tertiary/aromatic N) is 1. The maximum Gasteiger partial charge on any atom is 0.277 e. The topological polar surface area (TPSA) is 63.7 Å². The minimum absolute atomic E-state index is 0.0147. The second kappa shape index (κ2) is 6.68. The number of carbonyl (C=O) groups excluding carboxylic acids is 1. The predicted octanol–water partition coefficient (Wildman–Crippen LogP) is 3.74. The van der Waals surface area contributed by atoms with Gasteiger partial charge in [-0.25, -0.2) is 8.42 Å². The normalized spacial score (nSPS) is 27.4. The van der Waals surface area contributed by atoms with Gasteiger partial charge in [-0.1, -0.05) is 66.5 Å². The second-order valence-corrected chi connectivity index (χ2v) is 10.2. The Morgan fingerprint density at radius 2 is 1.96 bits per heavy atom. The van der Waals surface area contributed by atoms with E-state index in [2.05, 4.69) is 0 Å². The summed E-state index contributed by atoms with van der Waals surface area (Å²) in [5, 5.41) is -1.50. The molecule has 0 N–H and O–H groups in total. The van der Waals surface area contributed by atoms with Crippen molar-refractivity contribution in [2.75, 3.05) is 5.75 Å². The van der Waals surface area contributed by atoms with Crippen LogP contribution in [0.4, 0.5) is 0 Å². The maximum absolute atomic E-state index is 13.2. The van der Waals surface area contributed by atoms with Crippen LogP contribution < -0.4 is 0 Å². The summed E-state index contributed by atoms with van der Waals surface area (Å²) in [4.78, 5) is 12.8. The SMILES string of the molecule is CCCCS[C@@]12OC=C[C@@H]1C(Cl)(Cl)C(=O)N2S(=O)(=O)c1ccccc1. The molecule has 5 nitrogen and oxygen atoms in total. The van der Waals surface area contributed by atoms with Crippen molar-refractivity contribution in [2.45, 2.75) is 34.1 Å². The highest BCUT2D eigenvalue weighted by Crippen LogP contribution is 2.59. The van der Waals surface area contributed by atoms with Crippen LogP contribution in [0.1, 0.15) is 19.8 Å². The molecule has 1 aromatic carbocycles. The first kappa shape index (κ1) is 18.9. The van der Waals surface area contributed by atoms with Crippen LogP contribution in [0, 0.1) is 5.92 Å². The van der Waals surface area contributed by atoms with E-state index in [9.17, 15) is 13.2 Å².